The van der Waals surface area contributed by atoms with Gasteiger partial charge in [-0.1, -0.05) is 53.2 Å². The van der Waals surface area contributed by atoms with Crippen molar-refractivity contribution in [3.63, 3.8) is 0 Å². The highest BCUT2D eigenvalue weighted by Crippen LogP contribution is 2.22. The Bertz CT molecular complexity index is 1040. The zero-order valence-electron chi connectivity index (χ0n) is 15.5. The maximum Gasteiger partial charge on any atom is 0.311 e. The van der Waals surface area contributed by atoms with Gasteiger partial charge in [-0.05, 0) is 6.92 Å². The maximum absolute atomic E-state index is 12.0. The van der Waals surface area contributed by atoms with Crippen LogP contribution in [-0.4, -0.2) is 28.6 Å². The molecule has 1 amide bonds. The molecular formula is C20H17N3O6. The van der Waals surface area contributed by atoms with Gasteiger partial charge in [0.2, 0.25) is 5.88 Å². The molecule has 1 heterocycles. The van der Waals surface area contributed by atoms with Crippen LogP contribution in [0.4, 0.5) is 11.6 Å². The first-order valence-corrected chi connectivity index (χ1v) is 8.64. The fourth-order valence-corrected chi connectivity index (χ4v) is 2.56. The highest BCUT2D eigenvalue weighted by Gasteiger charge is 2.17. The molecule has 3 aromatic rings. The monoisotopic (exact) mass is 395 g/mol. The number of carbonyl (C=O) groups excluding carboxylic acids is 2. The van der Waals surface area contributed by atoms with Crippen molar-refractivity contribution >= 4 is 23.4 Å². The van der Waals surface area contributed by atoms with Crippen LogP contribution >= 0.6 is 0 Å². The Kier molecular flexibility index (Phi) is 5.98. The predicted molar refractivity (Wildman–Crippen MR) is 103 cm³/mol. The van der Waals surface area contributed by atoms with E-state index in [2.05, 4.69) is 10.5 Å². The number of anilines is 1. The number of rotatable bonds is 7. The van der Waals surface area contributed by atoms with Crippen LogP contribution in [0.2, 0.25) is 0 Å². The normalized spacial score (nSPS) is 10.4. The van der Waals surface area contributed by atoms with E-state index >= 15 is 0 Å². The molecule has 0 radical (unpaired) electrons. The number of nitrogens with one attached hydrogen (secondary N) is 1. The van der Waals surface area contributed by atoms with E-state index in [0.29, 0.717) is 5.69 Å². The van der Waals surface area contributed by atoms with Crippen LogP contribution in [0.3, 0.4) is 0 Å². The first-order valence-electron chi connectivity index (χ1n) is 8.64. The predicted octanol–water partition coefficient (Wildman–Crippen LogP) is 3.28. The van der Waals surface area contributed by atoms with Crippen molar-refractivity contribution in [3.05, 3.63) is 75.8 Å². The minimum Gasteiger partial charge on any atom is -0.455 e. The van der Waals surface area contributed by atoms with E-state index in [1.807, 2.05) is 31.2 Å². The third kappa shape index (κ3) is 5.25. The molecule has 0 bridgehead atoms. The summed E-state index contributed by atoms with van der Waals surface area (Å²) in [6.45, 7) is 1.41. The van der Waals surface area contributed by atoms with Crippen molar-refractivity contribution in [2.45, 2.75) is 13.3 Å². The standard InChI is InChI=1S/C20H17N3O6/c1-13-6-8-14(9-7-13)16-11-19(29-22-16)21-18(24)12-28-20(25)10-15-4-2-3-5-17(15)23(26)27/h2-9,11H,10,12H2,1H3,(H,21,24). The Balaban J connectivity index is 1.52. The van der Waals surface area contributed by atoms with Crippen LogP contribution in [0.25, 0.3) is 11.3 Å². The minimum atomic E-state index is -0.757. The quantitative estimate of drug-likeness (QED) is 0.370. The summed E-state index contributed by atoms with van der Waals surface area (Å²) in [6, 6.07) is 15.0. The molecule has 0 aliphatic carbocycles. The number of esters is 1. The van der Waals surface area contributed by atoms with Crippen molar-refractivity contribution in [2.75, 3.05) is 11.9 Å². The van der Waals surface area contributed by atoms with Gasteiger partial charge in [0.1, 0.15) is 5.69 Å². The third-order valence-corrected chi connectivity index (χ3v) is 4.01. The second-order valence-electron chi connectivity index (χ2n) is 6.21. The van der Waals surface area contributed by atoms with E-state index in [-0.39, 0.29) is 23.6 Å². The summed E-state index contributed by atoms with van der Waals surface area (Å²) < 4.78 is 9.95. The summed E-state index contributed by atoms with van der Waals surface area (Å²) in [5.41, 5.74) is 2.51. The van der Waals surface area contributed by atoms with E-state index in [0.717, 1.165) is 11.1 Å². The second kappa shape index (κ2) is 8.79. The molecule has 0 saturated heterocycles. The number of ether oxygens (including phenoxy) is 1. The number of carbonyl (C=O) groups is 2. The minimum absolute atomic E-state index is 0.111. The van der Waals surface area contributed by atoms with Gasteiger partial charge in [-0.2, -0.15) is 0 Å². The van der Waals surface area contributed by atoms with E-state index < -0.39 is 23.4 Å². The number of hydrogen-bond acceptors (Lipinski definition) is 7. The largest absolute Gasteiger partial charge is 0.455 e. The van der Waals surface area contributed by atoms with E-state index in [9.17, 15) is 19.7 Å². The van der Waals surface area contributed by atoms with Gasteiger partial charge in [0, 0.05) is 23.3 Å². The van der Waals surface area contributed by atoms with Gasteiger partial charge in [0.15, 0.2) is 6.61 Å². The van der Waals surface area contributed by atoms with E-state index in [1.165, 1.54) is 18.2 Å². The Morgan fingerprint density at radius 2 is 1.90 bits per heavy atom. The summed E-state index contributed by atoms with van der Waals surface area (Å²) in [6.07, 6.45) is -0.315. The van der Waals surface area contributed by atoms with Crippen LogP contribution < -0.4 is 5.32 Å². The van der Waals surface area contributed by atoms with Gasteiger partial charge in [-0.3, -0.25) is 25.0 Å². The van der Waals surface area contributed by atoms with Gasteiger partial charge < -0.3 is 9.26 Å². The van der Waals surface area contributed by atoms with Gasteiger partial charge >= 0.3 is 5.97 Å². The first-order chi connectivity index (χ1) is 13.9. The summed E-state index contributed by atoms with van der Waals surface area (Å²) in [4.78, 5) is 34.2. The number of para-hydroxylation sites is 1. The Hall–Kier alpha value is -4.01. The zero-order valence-corrected chi connectivity index (χ0v) is 15.5. The van der Waals surface area contributed by atoms with E-state index in [4.69, 9.17) is 9.26 Å². The number of aromatic nitrogens is 1. The van der Waals surface area contributed by atoms with Gasteiger partial charge in [0.25, 0.3) is 11.6 Å². The lowest BCUT2D eigenvalue weighted by molar-refractivity contribution is -0.385. The topological polar surface area (TPSA) is 125 Å². The maximum atomic E-state index is 12.0. The van der Waals surface area contributed by atoms with Crippen molar-refractivity contribution in [1.82, 2.24) is 5.16 Å². The third-order valence-electron chi connectivity index (χ3n) is 4.01. The number of nitrogens with zero attached hydrogens (tertiary/aromatic N) is 2. The van der Waals surface area contributed by atoms with Crippen molar-refractivity contribution in [3.8, 4) is 11.3 Å². The van der Waals surface area contributed by atoms with Gasteiger partial charge in [-0.25, -0.2) is 0 Å². The van der Waals surface area contributed by atoms with Crippen LogP contribution in [0, 0.1) is 17.0 Å². The molecule has 1 aromatic heterocycles. The summed E-state index contributed by atoms with van der Waals surface area (Å²) in [7, 11) is 0. The first kappa shape index (κ1) is 19.7. The Morgan fingerprint density at radius 1 is 1.17 bits per heavy atom. The number of nitro benzene ring substituents is 1. The number of benzene rings is 2. The average Bonchev–Trinajstić information content (AvgIpc) is 3.15. The number of aryl methyl sites for hydroxylation is 1. The average molecular weight is 395 g/mol. The SMILES string of the molecule is Cc1ccc(-c2cc(NC(=O)COC(=O)Cc3ccccc3[N+](=O)[O-])on2)cc1. The van der Waals surface area contributed by atoms with Crippen LogP contribution in [0.15, 0.2) is 59.1 Å². The van der Waals surface area contributed by atoms with E-state index in [1.54, 1.807) is 12.1 Å². The summed E-state index contributed by atoms with van der Waals surface area (Å²) in [5, 5.41) is 17.3. The fraction of sp³-hybridized carbons (Fsp3) is 0.150. The van der Waals surface area contributed by atoms with Crippen LogP contribution in [0.5, 0.6) is 0 Å². The second-order valence-corrected chi connectivity index (χ2v) is 6.21. The smallest absolute Gasteiger partial charge is 0.311 e. The lowest BCUT2D eigenvalue weighted by atomic mass is 10.1. The molecule has 9 heteroatoms. The molecule has 2 aromatic carbocycles. The molecule has 0 saturated carbocycles. The molecule has 0 aliphatic heterocycles. The van der Waals surface area contributed by atoms with Crippen molar-refractivity contribution in [1.29, 1.82) is 0 Å². The van der Waals surface area contributed by atoms with Gasteiger partial charge in [0.05, 0.1) is 11.3 Å². The van der Waals surface area contributed by atoms with Crippen LogP contribution in [-0.2, 0) is 20.7 Å². The number of hydrogen-bond donors (Lipinski definition) is 1. The number of amides is 1. The lowest BCUT2D eigenvalue weighted by Crippen LogP contribution is -2.21. The molecule has 0 unspecified atom stereocenters. The zero-order chi connectivity index (χ0) is 20.8. The molecule has 9 nitrogen and oxygen atoms in total. The molecule has 0 atom stereocenters. The highest BCUT2D eigenvalue weighted by molar-refractivity contribution is 5.92. The molecule has 29 heavy (non-hydrogen) atoms. The molecule has 3 rings (SSSR count). The Labute approximate surface area is 165 Å². The molecule has 0 fully saturated rings. The fourth-order valence-electron chi connectivity index (χ4n) is 2.56. The molecule has 0 aliphatic rings. The van der Waals surface area contributed by atoms with Crippen molar-refractivity contribution in [2.24, 2.45) is 0 Å². The summed E-state index contributed by atoms with van der Waals surface area (Å²) >= 11 is 0. The molecule has 148 valence electrons. The highest BCUT2D eigenvalue weighted by atomic mass is 16.6. The number of nitro groups is 1. The summed E-state index contributed by atoms with van der Waals surface area (Å²) in [5.74, 6) is -1.26. The molecule has 1 N–H and O–H groups in total. The van der Waals surface area contributed by atoms with Gasteiger partial charge in [-0.15, -0.1) is 0 Å². The van der Waals surface area contributed by atoms with Crippen molar-refractivity contribution < 1.29 is 23.8 Å². The molecule has 0 spiro atoms. The lowest BCUT2D eigenvalue weighted by Gasteiger charge is -2.05. The Morgan fingerprint density at radius 3 is 2.62 bits per heavy atom. The molecular weight excluding hydrogens is 378 g/mol. The van der Waals surface area contributed by atoms with Crippen LogP contribution in [0.1, 0.15) is 11.1 Å².